The highest BCUT2D eigenvalue weighted by Gasteiger charge is 2.47. The summed E-state index contributed by atoms with van der Waals surface area (Å²) < 4.78 is 0. The summed E-state index contributed by atoms with van der Waals surface area (Å²) in [4.78, 5) is 32.3. The molecule has 5 heteroatoms. The Labute approximate surface area is 185 Å². The highest BCUT2D eigenvalue weighted by Crippen LogP contribution is 2.42. The average molecular weight is 420 g/mol. The maximum atomic E-state index is 13.3. The van der Waals surface area contributed by atoms with Crippen molar-refractivity contribution in [2.75, 3.05) is 19.6 Å². The lowest BCUT2D eigenvalue weighted by atomic mass is 9.74. The Kier molecular flexibility index (Phi) is 6.40. The van der Waals surface area contributed by atoms with E-state index >= 15 is 0 Å². The second-order valence-electron chi connectivity index (χ2n) is 9.33. The molecule has 4 rings (SSSR count). The van der Waals surface area contributed by atoms with Gasteiger partial charge < -0.3 is 10.2 Å². The van der Waals surface area contributed by atoms with Gasteiger partial charge in [0, 0.05) is 37.9 Å². The standard InChI is InChI=1S/C26H33N3O2/c1-3-12-28-25(31)26(11-4-15-29(18-26)24(30)23-16-19(23)2)17-20-5-7-21(8-6-20)22-9-13-27-14-10-22/h5-10,13-14,19,23H,3-4,11-12,15-18H2,1-2H3,(H,28,31)/t19-,23+,26-/m0/s1. The predicted molar refractivity (Wildman–Crippen MR) is 122 cm³/mol. The van der Waals surface area contributed by atoms with Crippen LogP contribution in [0.1, 0.15) is 45.1 Å². The molecule has 2 aromatic rings. The molecule has 1 aliphatic heterocycles. The van der Waals surface area contributed by atoms with Gasteiger partial charge in [-0.25, -0.2) is 0 Å². The van der Waals surface area contributed by atoms with Crippen LogP contribution >= 0.6 is 0 Å². The Morgan fingerprint density at radius 1 is 1.13 bits per heavy atom. The topological polar surface area (TPSA) is 62.3 Å². The lowest BCUT2D eigenvalue weighted by Crippen LogP contribution is -2.55. The lowest BCUT2D eigenvalue weighted by Gasteiger charge is -2.42. The van der Waals surface area contributed by atoms with Crippen LogP contribution in [0.25, 0.3) is 11.1 Å². The molecule has 1 aromatic heterocycles. The predicted octanol–water partition coefficient (Wildman–Crippen LogP) is 4.08. The summed E-state index contributed by atoms with van der Waals surface area (Å²) >= 11 is 0. The molecular formula is C26H33N3O2. The zero-order valence-electron chi connectivity index (χ0n) is 18.6. The monoisotopic (exact) mass is 419 g/mol. The number of carbonyl (C=O) groups excluding carboxylic acids is 2. The summed E-state index contributed by atoms with van der Waals surface area (Å²) in [6, 6.07) is 12.5. The van der Waals surface area contributed by atoms with Crippen LogP contribution in [-0.4, -0.2) is 41.3 Å². The molecule has 0 unspecified atom stereocenters. The van der Waals surface area contributed by atoms with E-state index in [-0.39, 0.29) is 17.7 Å². The van der Waals surface area contributed by atoms with Crippen LogP contribution < -0.4 is 5.32 Å². The van der Waals surface area contributed by atoms with E-state index < -0.39 is 5.41 Å². The van der Waals surface area contributed by atoms with Gasteiger partial charge in [-0.2, -0.15) is 0 Å². The minimum absolute atomic E-state index is 0.0916. The smallest absolute Gasteiger partial charge is 0.228 e. The van der Waals surface area contributed by atoms with Gasteiger partial charge in [0.1, 0.15) is 0 Å². The molecule has 5 nitrogen and oxygen atoms in total. The van der Waals surface area contributed by atoms with Gasteiger partial charge in [0.2, 0.25) is 11.8 Å². The number of carbonyl (C=O) groups is 2. The number of amides is 2. The second-order valence-corrected chi connectivity index (χ2v) is 9.33. The molecule has 0 radical (unpaired) electrons. The number of benzene rings is 1. The van der Waals surface area contributed by atoms with Gasteiger partial charge in [0.05, 0.1) is 5.41 Å². The normalized spacial score (nSPS) is 25.2. The highest BCUT2D eigenvalue weighted by atomic mass is 16.2. The highest BCUT2D eigenvalue weighted by molar-refractivity contribution is 5.86. The van der Waals surface area contributed by atoms with E-state index in [0.717, 1.165) is 48.9 Å². The number of pyridine rings is 1. The Hall–Kier alpha value is -2.69. The molecule has 1 saturated heterocycles. The van der Waals surface area contributed by atoms with Crippen LogP contribution in [0, 0.1) is 17.3 Å². The molecule has 1 aromatic carbocycles. The van der Waals surface area contributed by atoms with Crippen LogP contribution in [0.3, 0.4) is 0 Å². The summed E-state index contributed by atoms with van der Waals surface area (Å²) in [5.74, 6) is 0.981. The third-order valence-electron chi connectivity index (χ3n) is 6.84. The number of rotatable bonds is 7. The Bertz CT molecular complexity index is 912. The van der Waals surface area contributed by atoms with Gasteiger partial charge in [0.25, 0.3) is 0 Å². The third kappa shape index (κ3) is 4.81. The van der Waals surface area contributed by atoms with E-state index in [9.17, 15) is 9.59 Å². The van der Waals surface area contributed by atoms with Crippen LogP contribution in [-0.2, 0) is 16.0 Å². The second kappa shape index (κ2) is 9.21. The van der Waals surface area contributed by atoms with Crippen LogP contribution in [0.5, 0.6) is 0 Å². The third-order valence-corrected chi connectivity index (χ3v) is 6.84. The summed E-state index contributed by atoms with van der Waals surface area (Å²) in [6.45, 7) is 6.17. The molecule has 31 heavy (non-hydrogen) atoms. The lowest BCUT2D eigenvalue weighted by molar-refractivity contribution is -0.142. The number of nitrogens with one attached hydrogen (secondary N) is 1. The quantitative estimate of drug-likeness (QED) is 0.735. The zero-order valence-corrected chi connectivity index (χ0v) is 18.6. The summed E-state index contributed by atoms with van der Waals surface area (Å²) in [5.41, 5.74) is 2.85. The maximum Gasteiger partial charge on any atom is 0.228 e. The first-order valence-corrected chi connectivity index (χ1v) is 11.6. The Morgan fingerprint density at radius 2 is 1.81 bits per heavy atom. The van der Waals surface area contributed by atoms with Crippen molar-refractivity contribution in [2.45, 2.75) is 46.0 Å². The fourth-order valence-corrected chi connectivity index (χ4v) is 4.81. The van der Waals surface area contributed by atoms with E-state index in [1.54, 1.807) is 12.4 Å². The van der Waals surface area contributed by atoms with Crippen molar-refractivity contribution in [3.05, 3.63) is 54.4 Å². The van der Waals surface area contributed by atoms with Crippen molar-refractivity contribution in [3.63, 3.8) is 0 Å². The van der Waals surface area contributed by atoms with Gasteiger partial charge in [-0.05, 0) is 66.8 Å². The molecule has 2 fully saturated rings. The van der Waals surface area contributed by atoms with Gasteiger partial charge in [-0.1, -0.05) is 38.1 Å². The van der Waals surface area contributed by atoms with E-state index in [2.05, 4.69) is 48.4 Å². The van der Waals surface area contributed by atoms with Crippen LogP contribution in [0.4, 0.5) is 0 Å². The molecule has 164 valence electrons. The van der Waals surface area contributed by atoms with Gasteiger partial charge in [-0.15, -0.1) is 0 Å². The summed E-state index contributed by atoms with van der Waals surface area (Å²) in [7, 11) is 0. The van der Waals surface area contributed by atoms with Crippen LogP contribution in [0.2, 0.25) is 0 Å². The fraction of sp³-hybridized carbons (Fsp3) is 0.500. The molecular weight excluding hydrogens is 386 g/mol. The Balaban J connectivity index is 1.54. The first-order chi connectivity index (χ1) is 15.0. The minimum Gasteiger partial charge on any atom is -0.356 e. The van der Waals surface area contributed by atoms with E-state index in [0.29, 0.717) is 25.4 Å². The molecule has 2 aliphatic rings. The van der Waals surface area contributed by atoms with E-state index in [1.165, 1.54) is 0 Å². The van der Waals surface area contributed by atoms with Crippen molar-refractivity contribution >= 4 is 11.8 Å². The van der Waals surface area contributed by atoms with Gasteiger partial charge >= 0.3 is 0 Å². The molecule has 2 heterocycles. The first kappa shape index (κ1) is 21.5. The Morgan fingerprint density at radius 3 is 2.45 bits per heavy atom. The SMILES string of the molecule is CCCNC(=O)[C@]1(Cc2ccc(-c3ccncc3)cc2)CCCN(C(=O)[C@@H]2C[C@@H]2C)C1. The molecule has 1 N–H and O–H groups in total. The first-order valence-electron chi connectivity index (χ1n) is 11.6. The minimum atomic E-state index is -0.556. The maximum absolute atomic E-state index is 13.3. The summed E-state index contributed by atoms with van der Waals surface area (Å²) in [6.07, 6.45) is 7.84. The largest absolute Gasteiger partial charge is 0.356 e. The average Bonchev–Trinajstić information content (AvgIpc) is 3.54. The molecule has 1 aliphatic carbocycles. The zero-order chi connectivity index (χ0) is 21.8. The molecule has 1 saturated carbocycles. The number of aromatic nitrogens is 1. The number of piperidine rings is 1. The van der Waals surface area contributed by atoms with Crippen molar-refractivity contribution < 1.29 is 9.59 Å². The molecule has 0 bridgehead atoms. The van der Waals surface area contributed by atoms with E-state index in [1.807, 2.05) is 17.0 Å². The molecule has 3 atom stereocenters. The molecule has 2 amide bonds. The fourth-order valence-electron chi connectivity index (χ4n) is 4.81. The van der Waals surface area contributed by atoms with Crippen molar-refractivity contribution in [1.82, 2.24) is 15.2 Å². The van der Waals surface area contributed by atoms with Crippen molar-refractivity contribution in [1.29, 1.82) is 0 Å². The van der Waals surface area contributed by atoms with Gasteiger partial charge in [0.15, 0.2) is 0 Å². The number of hydrogen-bond acceptors (Lipinski definition) is 3. The summed E-state index contributed by atoms with van der Waals surface area (Å²) in [5, 5.41) is 3.13. The van der Waals surface area contributed by atoms with Gasteiger partial charge in [-0.3, -0.25) is 14.6 Å². The van der Waals surface area contributed by atoms with Crippen molar-refractivity contribution in [3.8, 4) is 11.1 Å². The molecule has 0 spiro atoms. The number of likely N-dealkylation sites (tertiary alicyclic amines) is 1. The van der Waals surface area contributed by atoms with Crippen molar-refractivity contribution in [2.24, 2.45) is 17.3 Å². The number of nitrogens with zero attached hydrogens (tertiary/aromatic N) is 2. The van der Waals surface area contributed by atoms with E-state index in [4.69, 9.17) is 0 Å². The van der Waals surface area contributed by atoms with Crippen LogP contribution in [0.15, 0.2) is 48.8 Å². The number of hydrogen-bond donors (Lipinski definition) is 1.